The summed E-state index contributed by atoms with van der Waals surface area (Å²) in [7, 11) is 0. The van der Waals surface area contributed by atoms with Crippen molar-refractivity contribution in [3.05, 3.63) is 47.5 Å². The Bertz CT molecular complexity index is 1120. The summed E-state index contributed by atoms with van der Waals surface area (Å²) in [5, 5.41) is 25.0. The Balaban J connectivity index is 1.49. The first-order valence-corrected chi connectivity index (χ1v) is 16.2. The molecule has 4 nitrogen and oxygen atoms in total. The van der Waals surface area contributed by atoms with Crippen LogP contribution in [-0.4, -0.2) is 17.6 Å². The average molecular weight is 545 g/mol. The molecule has 1 aromatic rings. The van der Waals surface area contributed by atoms with Crippen molar-refractivity contribution in [1.29, 1.82) is 5.26 Å². The van der Waals surface area contributed by atoms with Gasteiger partial charge in [-0.15, -0.1) is 0 Å². The Morgan fingerprint density at radius 1 is 1.12 bits per heavy atom. The van der Waals surface area contributed by atoms with E-state index in [1.165, 1.54) is 50.5 Å². The molecule has 2 N–H and O–H groups in total. The third kappa shape index (κ3) is 4.65. The zero-order valence-electron chi connectivity index (χ0n) is 25.5. The van der Waals surface area contributed by atoms with Crippen LogP contribution >= 0.6 is 0 Å². The Kier molecular flexibility index (Phi) is 8.28. The molecule has 0 saturated heterocycles. The van der Waals surface area contributed by atoms with E-state index < -0.39 is 11.6 Å². The monoisotopic (exact) mass is 544 g/mol. The van der Waals surface area contributed by atoms with Gasteiger partial charge in [0.25, 0.3) is 0 Å². The Hall–Kier alpha value is -2.12. The summed E-state index contributed by atoms with van der Waals surface area (Å²) < 4.78 is 0. The second-order valence-corrected chi connectivity index (χ2v) is 14.8. The van der Waals surface area contributed by atoms with Crippen LogP contribution in [0, 0.1) is 63.6 Å². The van der Waals surface area contributed by atoms with E-state index in [-0.39, 0.29) is 11.3 Å². The van der Waals surface area contributed by atoms with Crippen molar-refractivity contribution in [2.75, 3.05) is 0 Å². The first-order chi connectivity index (χ1) is 19.1. The third-order valence-corrected chi connectivity index (χ3v) is 12.6. The van der Waals surface area contributed by atoms with Gasteiger partial charge in [-0.1, -0.05) is 95.9 Å². The molecule has 218 valence electrons. The molecule has 0 radical (unpaired) electrons. The van der Waals surface area contributed by atoms with Crippen LogP contribution in [0.1, 0.15) is 104 Å². The van der Waals surface area contributed by atoms with Gasteiger partial charge < -0.3 is 10.4 Å². The predicted molar refractivity (Wildman–Crippen MR) is 161 cm³/mol. The molecule has 1 amide bonds. The molecule has 5 rings (SSSR count). The number of nitriles is 1. The van der Waals surface area contributed by atoms with Crippen LogP contribution in [0.5, 0.6) is 0 Å². The summed E-state index contributed by atoms with van der Waals surface area (Å²) in [6.45, 7) is 12.2. The lowest BCUT2D eigenvalue weighted by atomic mass is 9.42. The van der Waals surface area contributed by atoms with Crippen molar-refractivity contribution < 1.29 is 9.90 Å². The van der Waals surface area contributed by atoms with E-state index in [2.05, 4.69) is 52.1 Å². The highest BCUT2D eigenvalue weighted by atomic mass is 16.3. The molecule has 4 aliphatic carbocycles. The molecule has 4 aliphatic rings. The summed E-state index contributed by atoms with van der Waals surface area (Å²) in [5.41, 5.74) is 1.11. The number of benzene rings is 1. The number of nitrogens with one attached hydrogen (secondary N) is 1. The number of carbonyl (C=O) groups excluding carboxylic acids is 1. The molecule has 0 heterocycles. The van der Waals surface area contributed by atoms with Gasteiger partial charge in [0.1, 0.15) is 0 Å². The molecule has 4 heteroatoms. The summed E-state index contributed by atoms with van der Waals surface area (Å²) >= 11 is 0. The number of aliphatic hydroxyl groups is 1. The predicted octanol–water partition coefficient (Wildman–Crippen LogP) is 7.78. The zero-order valence-corrected chi connectivity index (χ0v) is 25.5. The maximum atomic E-state index is 12.1. The summed E-state index contributed by atoms with van der Waals surface area (Å²) in [5.74, 6) is 3.92. The number of carbonyl (C=O) groups is 1. The van der Waals surface area contributed by atoms with Crippen molar-refractivity contribution in [2.24, 2.45) is 52.3 Å². The molecule has 0 spiro atoms. The maximum absolute atomic E-state index is 12.1. The fourth-order valence-corrected chi connectivity index (χ4v) is 10.7. The number of hydrogen-bond acceptors (Lipinski definition) is 3. The quantitative estimate of drug-likeness (QED) is 0.246. The number of aliphatic hydroxyl groups excluding tert-OH is 1. The Morgan fingerprint density at radius 2 is 1.88 bits per heavy atom. The lowest BCUT2D eigenvalue weighted by Gasteiger charge is -2.62. The number of amides is 1. The van der Waals surface area contributed by atoms with E-state index in [1.807, 2.05) is 30.3 Å². The lowest BCUT2D eigenvalue weighted by Crippen LogP contribution is -2.61. The minimum absolute atomic E-state index is 0.197. The molecule has 3 saturated carbocycles. The van der Waals surface area contributed by atoms with E-state index in [0.29, 0.717) is 42.4 Å². The van der Waals surface area contributed by atoms with Crippen molar-refractivity contribution in [3.63, 3.8) is 0 Å². The minimum Gasteiger partial charge on any atom is -0.393 e. The van der Waals surface area contributed by atoms with Crippen LogP contribution in [-0.2, 0) is 10.3 Å². The molecule has 0 bridgehead atoms. The first-order valence-electron chi connectivity index (χ1n) is 16.2. The molecule has 10 atom stereocenters. The molecule has 1 aromatic carbocycles. The number of rotatable bonds is 9. The van der Waals surface area contributed by atoms with Crippen molar-refractivity contribution in [1.82, 2.24) is 5.32 Å². The SMILES string of the molecule is CC(C)CCC[C@@H](C)[C@H]1CC[C@H]2[C@@H]3CC=C4C[C@@H](O)CC(C(C#N)(NC=O)c5ccccc5)[C@]4(C)[C@H]3CC[C@]12C. The second-order valence-electron chi connectivity index (χ2n) is 14.8. The van der Waals surface area contributed by atoms with Crippen LogP contribution in [0.4, 0.5) is 0 Å². The van der Waals surface area contributed by atoms with Gasteiger partial charge in [-0.2, -0.15) is 5.26 Å². The number of hydrogen-bond donors (Lipinski definition) is 2. The zero-order chi connectivity index (χ0) is 28.7. The molecular formula is C36H52N2O2. The molecule has 3 fully saturated rings. The fourth-order valence-electron chi connectivity index (χ4n) is 10.7. The lowest BCUT2D eigenvalue weighted by molar-refractivity contribution is -0.116. The van der Waals surface area contributed by atoms with E-state index in [1.54, 1.807) is 0 Å². The highest BCUT2D eigenvalue weighted by Gasteiger charge is 2.64. The molecule has 0 aromatic heterocycles. The standard InChI is InChI=1S/C36H52N2O2/c1-24(2)10-9-11-25(3)30-16-17-31-29-15-14-27-20-28(40)21-33(35(27,5)32(29)18-19-34(30,31)4)36(22-37,38-23-39)26-12-7-6-8-13-26/h6-8,12-14,23-25,28-33,40H,9-11,15-21H2,1-5H3,(H,38,39)/t25-,28-,29+,30-,31+,32+,33?,34-,35+,36?/m1/s1. The normalized spacial score (nSPS) is 39.1. The molecular weight excluding hydrogens is 492 g/mol. The van der Waals surface area contributed by atoms with E-state index >= 15 is 0 Å². The van der Waals surface area contributed by atoms with E-state index in [4.69, 9.17) is 0 Å². The second kappa shape index (κ2) is 11.3. The maximum Gasteiger partial charge on any atom is 0.208 e. The Morgan fingerprint density at radius 3 is 2.55 bits per heavy atom. The summed E-state index contributed by atoms with van der Waals surface area (Å²) in [6, 6.07) is 12.4. The summed E-state index contributed by atoms with van der Waals surface area (Å²) in [6.07, 6.45) is 14.1. The van der Waals surface area contributed by atoms with Crippen LogP contribution in [0.3, 0.4) is 0 Å². The molecule has 40 heavy (non-hydrogen) atoms. The van der Waals surface area contributed by atoms with Crippen molar-refractivity contribution in [3.8, 4) is 6.07 Å². The van der Waals surface area contributed by atoms with Crippen LogP contribution in [0.15, 0.2) is 42.0 Å². The first kappa shape index (κ1) is 29.4. The van der Waals surface area contributed by atoms with Gasteiger partial charge in [0.15, 0.2) is 5.54 Å². The van der Waals surface area contributed by atoms with Gasteiger partial charge in [0.05, 0.1) is 12.2 Å². The smallest absolute Gasteiger partial charge is 0.208 e. The Labute approximate surface area is 243 Å². The van der Waals surface area contributed by atoms with Crippen LogP contribution in [0.25, 0.3) is 0 Å². The highest BCUT2D eigenvalue weighted by molar-refractivity contribution is 5.53. The number of nitrogens with zero attached hydrogens (tertiary/aromatic N) is 1. The van der Waals surface area contributed by atoms with Crippen molar-refractivity contribution >= 4 is 6.41 Å². The van der Waals surface area contributed by atoms with Gasteiger partial charge in [-0.3, -0.25) is 4.79 Å². The molecule has 2 unspecified atom stereocenters. The van der Waals surface area contributed by atoms with E-state index in [9.17, 15) is 15.2 Å². The van der Waals surface area contributed by atoms with Crippen molar-refractivity contribution in [2.45, 2.75) is 110 Å². The van der Waals surface area contributed by atoms with Gasteiger partial charge in [-0.25, -0.2) is 0 Å². The van der Waals surface area contributed by atoms with Crippen LogP contribution < -0.4 is 5.32 Å². The van der Waals surface area contributed by atoms with E-state index in [0.717, 1.165) is 29.7 Å². The highest BCUT2D eigenvalue weighted by Crippen LogP contribution is 2.69. The van der Waals surface area contributed by atoms with Crippen LogP contribution in [0.2, 0.25) is 0 Å². The number of fused-ring (bicyclic) bond motifs is 5. The van der Waals surface area contributed by atoms with Gasteiger partial charge in [-0.05, 0) is 96.8 Å². The number of allylic oxidation sites excluding steroid dienone is 1. The average Bonchev–Trinajstić information content (AvgIpc) is 3.29. The largest absolute Gasteiger partial charge is 0.393 e. The fraction of sp³-hybridized carbons (Fsp3) is 0.722. The topological polar surface area (TPSA) is 73.1 Å². The third-order valence-electron chi connectivity index (χ3n) is 12.6. The minimum atomic E-state index is -1.18. The molecule has 0 aliphatic heterocycles. The van der Waals surface area contributed by atoms with Gasteiger partial charge in [0.2, 0.25) is 6.41 Å². The summed E-state index contributed by atoms with van der Waals surface area (Å²) in [4.78, 5) is 12.1. The van der Waals surface area contributed by atoms with Gasteiger partial charge in [0, 0.05) is 5.92 Å². The van der Waals surface area contributed by atoms with Gasteiger partial charge >= 0.3 is 0 Å².